The first-order chi connectivity index (χ1) is 8.81. The molecule has 1 aromatic carbocycles. The number of rotatable bonds is 4. The summed E-state index contributed by atoms with van der Waals surface area (Å²) in [5.74, 6) is 0.503. The SMILES string of the molecule is COc1ccccc1/C=N/NC(=O)c1cccs1. The van der Waals surface area contributed by atoms with E-state index >= 15 is 0 Å². The highest BCUT2D eigenvalue weighted by molar-refractivity contribution is 7.12. The molecule has 1 N–H and O–H groups in total. The molecule has 0 unspecified atom stereocenters. The third-order valence-electron chi connectivity index (χ3n) is 2.25. The first-order valence-corrected chi connectivity index (χ1v) is 6.19. The number of ether oxygens (including phenoxy) is 1. The van der Waals surface area contributed by atoms with E-state index in [2.05, 4.69) is 10.5 Å². The molecule has 0 fully saturated rings. The maximum Gasteiger partial charge on any atom is 0.281 e. The molecule has 0 atom stereocenters. The second kappa shape index (κ2) is 5.97. The van der Waals surface area contributed by atoms with Gasteiger partial charge in [-0.05, 0) is 23.6 Å². The van der Waals surface area contributed by atoms with Gasteiger partial charge < -0.3 is 4.74 Å². The molecule has 0 bridgehead atoms. The number of amides is 1. The van der Waals surface area contributed by atoms with Crippen LogP contribution in [0.5, 0.6) is 5.75 Å². The van der Waals surface area contributed by atoms with Gasteiger partial charge in [-0.25, -0.2) is 5.43 Å². The average molecular weight is 260 g/mol. The lowest BCUT2D eigenvalue weighted by Crippen LogP contribution is -2.16. The van der Waals surface area contributed by atoms with Crippen molar-refractivity contribution in [2.75, 3.05) is 7.11 Å². The molecule has 0 aliphatic carbocycles. The Labute approximate surface area is 109 Å². The maximum atomic E-state index is 11.6. The van der Waals surface area contributed by atoms with Crippen molar-refractivity contribution in [1.29, 1.82) is 0 Å². The zero-order valence-corrected chi connectivity index (χ0v) is 10.6. The van der Waals surface area contributed by atoms with Crippen molar-refractivity contribution in [2.24, 2.45) is 5.10 Å². The van der Waals surface area contributed by atoms with Crippen molar-refractivity contribution in [3.63, 3.8) is 0 Å². The monoisotopic (exact) mass is 260 g/mol. The van der Waals surface area contributed by atoms with Gasteiger partial charge in [0.15, 0.2) is 0 Å². The average Bonchev–Trinajstić information content (AvgIpc) is 2.93. The van der Waals surface area contributed by atoms with Gasteiger partial charge in [0.05, 0.1) is 18.2 Å². The summed E-state index contributed by atoms with van der Waals surface area (Å²) < 4.78 is 5.17. The van der Waals surface area contributed by atoms with Gasteiger partial charge in [-0.2, -0.15) is 5.10 Å². The fraction of sp³-hybridized carbons (Fsp3) is 0.0769. The summed E-state index contributed by atoms with van der Waals surface area (Å²) in [5.41, 5.74) is 3.28. The number of hydrogen-bond acceptors (Lipinski definition) is 4. The Morgan fingerprint density at radius 2 is 2.17 bits per heavy atom. The van der Waals surface area contributed by atoms with Crippen molar-refractivity contribution >= 4 is 23.5 Å². The third-order valence-corrected chi connectivity index (χ3v) is 3.12. The van der Waals surface area contributed by atoms with E-state index < -0.39 is 0 Å². The van der Waals surface area contributed by atoms with Gasteiger partial charge in [0, 0.05) is 5.56 Å². The summed E-state index contributed by atoms with van der Waals surface area (Å²) in [6.07, 6.45) is 1.56. The van der Waals surface area contributed by atoms with Gasteiger partial charge in [-0.1, -0.05) is 18.2 Å². The van der Waals surface area contributed by atoms with Crippen molar-refractivity contribution in [3.05, 3.63) is 52.2 Å². The molecule has 5 heteroatoms. The number of nitrogens with one attached hydrogen (secondary N) is 1. The second-order valence-corrected chi connectivity index (χ2v) is 4.37. The topological polar surface area (TPSA) is 50.7 Å². The quantitative estimate of drug-likeness (QED) is 0.678. The van der Waals surface area contributed by atoms with Gasteiger partial charge in [0.1, 0.15) is 5.75 Å². The smallest absolute Gasteiger partial charge is 0.281 e. The van der Waals surface area contributed by atoms with E-state index in [1.54, 1.807) is 19.4 Å². The van der Waals surface area contributed by atoms with Gasteiger partial charge >= 0.3 is 0 Å². The molecule has 2 rings (SSSR count). The summed E-state index contributed by atoms with van der Waals surface area (Å²) in [5, 5.41) is 5.75. The van der Waals surface area contributed by atoms with E-state index in [0.717, 1.165) is 5.56 Å². The molecule has 2 aromatic rings. The first-order valence-electron chi connectivity index (χ1n) is 5.31. The van der Waals surface area contributed by atoms with Crippen LogP contribution in [-0.2, 0) is 0 Å². The molecule has 92 valence electrons. The largest absolute Gasteiger partial charge is 0.496 e. The summed E-state index contributed by atoms with van der Waals surface area (Å²) in [7, 11) is 1.59. The predicted molar refractivity (Wildman–Crippen MR) is 72.4 cm³/mol. The van der Waals surface area contributed by atoms with Crippen LogP contribution in [0.3, 0.4) is 0 Å². The Kier molecular flexibility index (Phi) is 4.09. The highest BCUT2D eigenvalue weighted by atomic mass is 32.1. The molecule has 0 saturated carbocycles. The van der Waals surface area contributed by atoms with E-state index in [1.165, 1.54) is 11.3 Å². The number of methoxy groups -OCH3 is 1. The van der Waals surface area contributed by atoms with Gasteiger partial charge in [0.25, 0.3) is 5.91 Å². The molecule has 1 amide bonds. The molecule has 0 aliphatic rings. The van der Waals surface area contributed by atoms with Crippen LogP contribution in [0.1, 0.15) is 15.2 Å². The summed E-state index contributed by atoms with van der Waals surface area (Å²) >= 11 is 1.37. The number of para-hydroxylation sites is 1. The summed E-state index contributed by atoms with van der Waals surface area (Å²) in [6, 6.07) is 11.0. The Morgan fingerprint density at radius 1 is 1.33 bits per heavy atom. The lowest BCUT2D eigenvalue weighted by atomic mass is 10.2. The molecular weight excluding hydrogens is 248 g/mol. The molecule has 0 spiro atoms. The van der Waals surface area contributed by atoms with Crippen LogP contribution in [0.25, 0.3) is 0 Å². The maximum absolute atomic E-state index is 11.6. The Hall–Kier alpha value is -2.14. The van der Waals surface area contributed by atoms with Crippen LogP contribution in [0.15, 0.2) is 46.9 Å². The van der Waals surface area contributed by atoms with Crippen molar-refractivity contribution in [1.82, 2.24) is 5.43 Å². The molecule has 0 aliphatic heterocycles. The van der Waals surface area contributed by atoms with Crippen LogP contribution < -0.4 is 10.2 Å². The van der Waals surface area contributed by atoms with E-state index in [-0.39, 0.29) is 5.91 Å². The highest BCUT2D eigenvalue weighted by Gasteiger charge is 2.04. The fourth-order valence-corrected chi connectivity index (χ4v) is 2.01. The molecule has 18 heavy (non-hydrogen) atoms. The van der Waals surface area contributed by atoms with Crippen LogP contribution in [0.2, 0.25) is 0 Å². The van der Waals surface area contributed by atoms with E-state index in [1.807, 2.05) is 35.7 Å². The standard InChI is InChI=1S/C13H12N2O2S/c1-17-11-6-3-2-5-10(11)9-14-15-13(16)12-7-4-8-18-12/h2-9H,1H3,(H,15,16)/b14-9+. The van der Waals surface area contributed by atoms with E-state index in [9.17, 15) is 4.79 Å². The lowest BCUT2D eigenvalue weighted by molar-refractivity contribution is 0.0959. The fourth-order valence-electron chi connectivity index (χ4n) is 1.40. The number of benzene rings is 1. The number of hydrazone groups is 1. The first kappa shape index (κ1) is 12.3. The number of hydrogen-bond donors (Lipinski definition) is 1. The van der Waals surface area contributed by atoms with Crippen molar-refractivity contribution in [2.45, 2.75) is 0 Å². The van der Waals surface area contributed by atoms with Crippen LogP contribution in [-0.4, -0.2) is 19.2 Å². The zero-order chi connectivity index (χ0) is 12.8. The Morgan fingerprint density at radius 3 is 2.89 bits per heavy atom. The third kappa shape index (κ3) is 2.95. The molecule has 1 aromatic heterocycles. The normalized spacial score (nSPS) is 10.5. The van der Waals surface area contributed by atoms with Gasteiger partial charge in [0.2, 0.25) is 0 Å². The number of carbonyl (C=O) groups is 1. The summed E-state index contributed by atoms with van der Waals surface area (Å²) in [4.78, 5) is 12.2. The predicted octanol–water partition coefficient (Wildman–Crippen LogP) is 2.52. The molecular formula is C13H12N2O2S. The Balaban J connectivity index is 2.01. The molecule has 4 nitrogen and oxygen atoms in total. The molecule has 1 heterocycles. The molecule has 0 saturated heterocycles. The van der Waals surface area contributed by atoms with Gasteiger partial charge in [-0.15, -0.1) is 11.3 Å². The van der Waals surface area contributed by atoms with Crippen molar-refractivity contribution in [3.8, 4) is 5.75 Å². The Bertz CT molecular complexity index is 550. The number of thiophene rings is 1. The van der Waals surface area contributed by atoms with Crippen LogP contribution in [0, 0.1) is 0 Å². The minimum atomic E-state index is -0.212. The van der Waals surface area contributed by atoms with Gasteiger partial charge in [-0.3, -0.25) is 4.79 Å². The minimum absolute atomic E-state index is 0.212. The lowest BCUT2D eigenvalue weighted by Gasteiger charge is -2.02. The zero-order valence-electron chi connectivity index (χ0n) is 9.79. The molecule has 0 radical (unpaired) electrons. The number of carbonyl (C=O) groups excluding carboxylic acids is 1. The van der Waals surface area contributed by atoms with Crippen molar-refractivity contribution < 1.29 is 9.53 Å². The minimum Gasteiger partial charge on any atom is -0.496 e. The van der Waals surface area contributed by atoms with E-state index in [4.69, 9.17) is 4.74 Å². The highest BCUT2D eigenvalue weighted by Crippen LogP contribution is 2.14. The summed E-state index contributed by atoms with van der Waals surface area (Å²) in [6.45, 7) is 0. The van der Waals surface area contributed by atoms with E-state index in [0.29, 0.717) is 10.6 Å². The van der Waals surface area contributed by atoms with Crippen LogP contribution in [0.4, 0.5) is 0 Å². The second-order valence-electron chi connectivity index (χ2n) is 3.42. The number of nitrogens with zero attached hydrogens (tertiary/aromatic N) is 1. The van der Waals surface area contributed by atoms with Crippen LogP contribution >= 0.6 is 11.3 Å².